The molecule has 0 spiro atoms. The maximum atomic E-state index is 12.6. The molecule has 1 saturated heterocycles. The summed E-state index contributed by atoms with van der Waals surface area (Å²) < 4.78 is 7.46. The first-order valence-corrected chi connectivity index (χ1v) is 8.70. The molecule has 2 atom stereocenters. The van der Waals surface area contributed by atoms with Crippen LogP contribution >= 0.6 is 0 Å². The van der Waals surface area contributed by atoms with Crippen molar-refractivity contribution in [2.24, 2.45) is 17.6 Å². The van der Waals surface area contributed by atoms with Gasteiger partial charge >= 0.3 is 0 Å². The summed E-state index contributed by atoms with van der Waals surface area (Å²) in [5, 5.41) is 4.32. The number of carbonyl (C=O) groups excluding carboxylic acids is 2. The Kier molecular flexibility index (Phi) is 5.25. The molecule has 2 heterocycles. The summed E-state index contributed by atoms with van der Waals surface area (Å²) in [5.41, 5.74) is 7.36. The van der Waals surface area contributed by atoms with Crippen molar-refractivity contribution in [1.29, 1.82) is 0 Å². The zero-order valence-corrected chi connectivity index (χ0v) is 15.1. The highest BCUT2D eigenvalue weighted by Gasteiger charge is 2.39. The van der Waals surface area contributed by atoms with E-state index in [1.54, 1.807) is 9.58 Å². The average Bonchev–Trinajstić information content (AvgIpc) is 3.17. The first-order chi connectivity index (χ1) is 12.4. The third-order valence-corrected chi connectivity index (χ3v) is 4.75. The second-order valence-electron chi connectivity index (χ2n) is 6.78. The van der Waals surface area contributed by atoms with Gasteiger partial charge in [-0.05, 0) is 32.0 Å². The Morgan fingerprint density at radius 3 is 2.58 bits per heavy atom. The fraction of sp³-hybridized carbons (Fsp3) is 0.421. The van der Waals surface area contributed by atoms with E-state index >= 15 is 0 Å². The Morgan fingerprint density at radius 1 is 1.23 bits per heavy atom. The number of primary amides is 1. The van der Waals surface area contributed by atoms with Gasteiger partial charge in [-0.25, -0.2) is 0 Å². The number of likely N-dealkylation sites (tertiary alicyclic amines) is 1. The Morgan fingerprint density at radius 2 is 1.96 bits per heavy atom. The van der Waals surface area contributed by atoms with Crippen molar-refractivity contribution in [3.8, 4) is 5.75 Å². The molecule has 0 bridgehead atoms. The van der Waals surface area contributed by atoms with Gasteiger partial charge in [-0.1, -0.05) is 18.2 Å². The first kappa shape index (κ1) is 18.0. The van der Waals surface area contributed by atoms with Crippen LogP contribution in [0.25, 0.3) is 0 Å². The minimum atomic E-state index is -0.400. The molecular weight excluding hydrogens is 332 g/mol. The Hall–Kier alpha value is -2.83. The zero-order valence-electron chi connectivity index (χ0n) is 15.1. The van der Waals surface area contributed by atoms with Crippen LogP contribution in [0.4, 0.5) is 0 Å². The number of aryl methyl sites for hydroxylation is 2. The van der Waals surface area contributed by atoms with Crippen LogP contribution in [0, 0.1) is 25.7 Å². The van der Waals surface area contributed by atoms with Gasteiger partial charge in [0, 0.05) is 24.7 Å². The predicted molar refractivity (Wildman–Crippen MR) is 96.4 cm³/mol. The first-order valence-electron chi connectivity index (χ1n) is 8.70. The number of ether oxygens (including phenoxy) is 1. The topological polar surface area (TPSA) is 90.5 Å². The number of carbonyl (C=O) groups is 2. The van der Waals surface area contributed by atoms with Crippen LogP contribution in [0.1, 0.15) is 11.4 Å². The lowest BCUT2D eigenvalue weighted by Gasteiger charge is -2.17. The third kappa shape index (κ3) is 4.04. The summed E-state index contributed by atoms with van der Waals surface area (Å²) in [6, 6.07) is 11.3. The Balaban J connectivity index is 1.63. The third-order valence-electron chi connectivity index (χ3n) is 4.75. The molecule has 1 fully saturated rings. The summed E-state index contributed by atoms with van der Waals surface area (Å²) in [4.78, 5) is 26.1. The van der Waals surface area contributed by atoms with E-state index in [0.29, 0.717) is 19.7 Å². The van der Waals surface area contributed by atoms with Gasteiger partial charge in [0.05, 0.1) is 18.2 Å². The number of benzene rings is 1. The number of nitrogens with zero attached hydrogens (tertiary/aromatic N) is 3. The largest absolute Gasteiger partial charge is 0.493 e. The molecule has 138 valence electrons. The maximum Gasteiger partial charge on any atom is 0.244 e. The van der Waals surface area contributed by atoms with Gasteiger partial charge in [0.25, 0.3) is 0 Å². The molecule has 1 aliphatic rings. The van der Waals surface area contributed by atoms with Crippen LogP contribution in [0.3, 0.4) is 0 Å². The van der Waals surface area contributed by atoms with E-state index in [0.717, 1.165) is 17.1 Å². The number of para-hydroxylation sites is 1. The molecule has 0 radical (unpaired) electrons. The summed E-state index contributed by atoms with van der Waals surface area (Å²) in [7, 11) is 0. The lowest BCUT2D eigenvalue weighted by atomic mass is 9.96. The van der Waals surface area contributed by atoms with Gasteiger partial charge < -0.3 is 15.4 Å². The molecule has 2 aromatic rings. The molecule has 1 aromatic heterocycles. The molecule has 7 nitrogen and oxygen atoms in total. The van der Waals surface area contributed by atoms with Crippen LogP contribution < -0.4 is 10.5 Å². The molecule has 2 N–H and O–H groups in total. The van der Waals surface area contributed by atoms with E-state index in [9.17, 15) is 9.59 Å². The van der Waals surface area contributed by atoms with Gasteiger partial charge in [-0.3, -0.25) is 14.3 Å². The van der Waals surface area contributed by atoms with Crippen molar-refractivity contribution < 1.29 is 14.3 Å². The van der Waals surface area contributed by atoms with Crippen LogP contribution in [-0.2, 0) is 16.1 Å². The van der Waals surface area contributed by atoms with Gasteiger partial charge in [0.2, 0.25) is 11.8 Å². The second kappa shape index (κ2) is 7.59. The molecule has 2 amide bonds. The Labute approximate surface area is 152 Å². The number of nitrogens with two attached hydrogens (primary N) is 1. The highest BCUT2D eigenvalue weighted by molar-refractivity contribution is 5.81. The van der Waals surface area contributed by atoms with E-state index in [2.05, 4.69) is 5.10 Å². The predicted octanol–water partition coefficient (Wildman–Crippen LogP) is 1.14. The van der Waals surface area contributed by atoms with Gasteiger partial charge in [-0.15, -0.1) is 0 Å². The highest BCUT2D eigenvalue weighted by atomic mass is 16.5. The van der Waals surface area contributed by atoms with Crippen molar-refractivity contribution in [1.82, 2.24) is 14.7 Å². The van der Waals surface area contributed by atoms with E-state index in [1.807, 2.05) is 50.2 Å². The second-order valence-corrected chi connectivity index (χ2v) is 6.78. The number of rotatable bonds is 6. The van der Waals surface area contributed by atoms with Crippen LogP contribution in [-0.4, -0.2) is 46.2 Å². The average molecular weight is 356 g/mol. The van der Waals surface area contributed by atoms with E-state index in [-0.39, 0.29) is 18.4 Å². The standard InChI is InChI=1S/C19H24N4O3/c1-13-8-14(2)23(21-13)11-18(24)22-9-15(17(10-22)19(20)25)12-26-16-6-4-3-5-7-16/h3-8,15,17H,9-12H2,1-2H3,(H2,20,25)/t15-,17+/m0/s1. The fourth-order valence-electron chi connectivity index (χ4n) is 3.35. The molecule has 1 aliphatic heterocycles. The molecular formula is C19H24N4O3. The number of hydrogen-bond acceptors (Lipinski definition) is 4. The van der Waals surface area contributed by atoms with E-state index < -0.39 is 11.8 Å². The SMILES string of the molecule is Cc1cc(C)n(CC(=O)N2C[C@@H](COc3ccccc3)[C@H](C(N)=O)C2)n1. The monoisotopic (exact) mass is 356 g/mol. The molecule has 7 heteroatoms. The molecule has 3 rings (SSSR count). The Bertz CT molecular complexity index is 787. The summed E-state index contributed by atoms with van der Waals surface area (Å²) >= 11 is 0. The highest BCUT2D eigenvalue weighted by Crippen LogP contribution is 2.25. The van der Waals surface area contributed by atoms with Crippen LogP contribution in [0.2, 0.25) is 0 Å². The molecule has 26 heavy (non-hydrogen) atoms. The fourth-order valence-corrected chi connectivity index (χ4v) is 3.35. The van der Waals surface area contributed by atoms with Crippen molar-refractivity contribution in [3.05, 3.63) is 47.8 Å². The lowest BCUT2D eigenvalue weighted by molar-refractivity contribution is -0.131. The van der Waals surface area contributed by atoms with Crippen molar-refractivity contribution in [3.63, 3.8) is 0 Å². The summed E-state index contributed by atoms with van der Waals surface area (Å²) in [6.45, 7) is 5.11. The van der Waals surface area contributed by atoms with E-state index in [4.69, 9.17) is 10.5 Å². The van der Waals surface area contributed by atoms with Gasteiger partial charge in [0.1, 0.15) is 12.3 Å². The van der Waals surface area contributed by atoms with Crippen molar-refractivity contribution in [2.75, 3.05) is 19.7 Å². The molecule has 0 aliphatic carbocycles. The van der Waals surface area contributed by atoms with Crippen LogP contribution in [0.15, 0.2) is 36.4 Å². The lowest BCUT2D eigenvalue weighted by Crippen LogP contribution is -2.34. The van der Waals surface area contributed by atoms with Crippen molar-refractivity contribution in [2.45, 2.75) is 20.4 Å². The summed E-state index contributed by atoms with van der Waals surface area (Å²) in [6.07, 6.45) is 0. The smallest absolute Gasteiger partial charge is 0.244 e. The minimum absolute atomic E-state index is 0.0651. The minimum Gasteiger partial charge on any atom is -0.493 e. The number of aromatic nitrogens is 2. The van der Waals surface area contributed by atoms with Crippen LogP contribution in [0.5, 0.6) is 5.75 Å². The zero-order chi connectivity index (χ0) is 18.7. The summed E-state index contributed by atoms with van der Waals surface area (Å²) in [5.74, 6) is -0.235. The normalized spacial score (nSPS) is 19.5. The van der Waals surface area contributed by atoms with E-state index in [1.165, 1.54) is 0 Å². The number of hydrogen-bond donors (Lipinski definition) is 1. The maximum absolute atomic E-state index is 12.6. The van der Waals surface area contributed by atoms with Crippen molar-refractivity contribution >= 4 is 11.8 Å². The number of amides is 2. The quantitative estimate of drug-likeness (QED) is 0.840. The molecule has 1 aromatic carbocycles. The van der Waals surface area contributed by atoms with Gasteiger partial charge in [-0.2, -0.15) is 5.10 Å². The molecule has 0 saturated carbocycles. The van der Waals surface area contributed by atoms with Gasteiger partial charge in [0.15, 0.2) is 0 Å². The molecule has 0 unspecified atom stereocenters.